The number of benzene rings is 2. The number of thiophene rings is 1. The van der Waals surface area contributed by atoms with Crippen LogP contribution >= 0.6 is 11.3 Å². The molecule has 0 unspecified atom stereocenters. The monoisotopic (exact) mass is 377 g/mol. The molecule has 0 aliphatic carbocycles. The number of aromatic nitrogens is 1. The lowest BCUT2D eigenvalue weighted by Gasteiger charge is -2.07. The van der Waals surface area contributed by atoms with Crippen molar-refractivity contribution in [3.8, 4) is 11.1 Å². The largest absolute Gasteiger partial charge is 0.416 e. The molecule has 2 aromatic carbocycles. The van der Waals surface area contributed by atoms with Crippen molar-refractivity contribution < 1.29 is 17.6 Å². The van der Waals surface area contributed by atoms with Gasteiger partial charge in [0.2, 0.25) is 0 Å². The third-order valence-corrected chi connectivity index (χ3v) is 5.72. The van der Waals surface area contributed by atoms with Gasteiger partial charge in [0.05, 0.1) is 11.1 Å². The van der Waals surface area contributed by atoms with Crippen LogP contribution in [-0.4, -0.2) is 4.57 Å². The topological polar surface area (TPSA) is 4.93 Å². The number of fused-ring (bicyclic) bond motifs is 2. The molecule has 0 saturated carbocycles. The Kier molecular flexibility index (Phi) is 3.84. The van der Waals surface area contributed by atoms with Crippen LogP contribution in [-0.2, 0) is 12.7 Å². The van der Waals surface area contributed by atoms with Gasteiger partial charge in [-0.25, -0.2) is 4.39 Å². The van der Waals surface area contributed by atoms with Gasteiger partial charge < -0.3 is 4.57 Å². The van der Waals surface area contributed by atoms with E-state index >= 15 is 0 Å². The third-order valence-electron chi connectivity index (χ3n) is 4.78. The molecule has 0 N–H and O–H groups in total. The highest BCUT2D eigenvalue weighted by atomic mass is 32.1. The van der Waals surface area contributed by atoms with E-state index in [0.29, 0.717) is 11.2 Å². The quantitative estimate of drug-likeness (QED) is 0.331. The first-order valence-corrected chi connectivity index (χ1v) is 9.06. The Labute approximate surface area is 151 Å². The molecule has 4 aromatic rings. The number of hydrogen-bond donors (Lipinski definition) is 0. The molecule has 0 radical (unpaired) electrons. The normalized spacial score (nSPS) is 12.4. The molecule has 0 aliphatic rings. The van der Waals surface area contributed by atoms with Crippen molar-refractivity contribution in [1.29, 1.82) is 0 Å². The predicted molar refractivity (Wildman–Crippen MR) is 98.1 cm³/mol. The first-order valence-electron chi connectivity index (χ1n) is 8.18. The van der Waals surface area contributed by atoms with Gasteiger partial charge in [-0.2, -0.15) is 13.2 Å². The second kappa shape index (κ2) is 5.84. The predicted octanol–water partition coefficient (Wildman–Crippen LogP) is 7.01. The van der Waals surface area contributed by atoms with Gasteiger partial charge in [0, 0.05) is 38.8 Å². The minimum atomic E-state index is -4.36. The molecule has 0 aliphatic heterocycles. The van der Waals surface area contributed by atoms with Crippen LogP contribution < -0.4 is 0 Å². The van der Waals surface area contributed by atoms with Gasteiger partial charge in [-0.3, -0.25) is 0 Å². The summed E-state index contributed by atoms with van der Waals surface area (Å²) >= 11 is 1.29. The van der Waals surface area contributed by atoms with Crippen LogP contribution in [0.15, 0.2) is 41.8 Å². The highest BCUT2D eigenvalue weighted by molar-refractivity contribution is 7.17. The molecule has 26 heavy (non-hydrogen) atoms. The van der Waals surface area contributed by atoms with Gasteiger partial charge in [0.25, 0.3) is 0 Å². The molecule has 0 amide bonds. The fourth-order valence-corrected chi connectivity index (χ4v) is 4.59. The molecule has 1 nitrogen and oxygen atoms in total. The Hall–Kier alpha value is -2.34. The molecule has 0 bridgehead atoms. The number of aryl methyl sites for hydroxylation is 1. The van der Waals surface area contributed by atoms with E-state index in [1.807, 2.05) is 23.8 Å². The van der Waals surface area contributed by atoms with Gasteiger partial charge in [0.15, 0.2) is 0 Å². The van der Waals surface area contributed by atoms with Gasteiger partial charge in [0.1, 0.15) is 5.82 Å². The Morgan fingerprint density at radius 3 is 2.46 bits per heavy atom. The van der Waals surface area contributed by atoms with Crippen LogP contribution in [0.25, 0.3) is 32.1 Å². The summed E-state index contributed by atoms with van der Waals surface area (Å²) < 4.78 is 55.3. The zero-order valence-corrected chi connectivity index (χ0v) is 14.9. The van der Waals surface area contributed by atoms with Crippen molar-refractivity contribution in [2.75, 3.05) is 0 Å². The third kappa shape index (κ3) is 2.51. The zero-order valence-electron chi connectivity index (χ0n) is 14.1. The van der Waals surface area contributed by atoms with Crippen LogP contribution in [0, 0.1) is 12.7 Å². The Bertz CT molecular complexity index is 1130. The Morgan fingerprint density at radius 1 is 1.04 bits per heavy atom. The molecule has 2 heterocycles. The number of hydrogen-bond acceptors (Lipinski definition) is 1. The molecule has 0 fully saturated rings. The van der Waals surface area contributed by atoms with Crippen molar-refractivity contribution >= 4 is 32.3 Å². The highest BCUT2D eigenvalue weighted by Gasteiger charge is 2.31. The van der Waals surface area contributed by atoms with E-state index in [2.05, 4.69) is 0 Å². The summed E-state index contributed by atoms with van der Waals surface area (Å²) in [4.78, 5) is 0. The van der Waals surface area contributed by atoms with Gasteiger partial charge >= 0.3 is 6.18 Å². The SMILES string of the molecule is CCn1c(C)c(-c2csc3cc(C(F)(F)F)ccc23)c2ccc(F)cc21. The minimum absolute atomic E-state index is 0.304. The first-order chi connectivity index (χ1) is 12.3. The summed E-state index contributed by atoms with van der Waals surface area (Å²) in [5, 5.41) is 3.58. The maximum absolute atomic E-state index is 13.7. The van der Waals surface area contributed by atoms with Crippen LogP contribution in [0.4, 0.5) is 17.6 Å². The fraction of sp³-hybridized carbons (Fsp3) is 0.200. The smallest absolute Gasteiger partial charge is 0.344 e. The van der Waals surface area contributed by atoms with E-state index in [9.17, 15) is 17.6 Å². The molecule has 2 aromatic heterocycles. The van der Waals surface area contributed by atoms with E-state index < -0.39 is 11.7 Å². The number of alkyl halides is 3. The molecule has 134 valence electrons. The fourth-order valence-electron chi connectivity index (χ4n) is 3.60. The van der Waals surface area contributed by atoms with Gasteiger partial charge in [-0.1, -0.05) is 6.07 Å². The first kappa shape index (κ1) is 17.1. The van der Waals surface area contributed by atoms with Crippen molar-refractivity contribution in [3.05, 3.63) is 58.9 Å². The molecule has 0 spiro atoms. The molecular weight excluding hydrogens is 362 g/mol. The van der Waals surface area contributed by atoms with E-state index in [0.717, 1.165) is 39.2 Å². The van der Waals surface area contributed by atoms with Crippen molar-refractivity contribution in [2.45, 2.75) is 26.6 Å². The summed E-state index contributed by atoms with van der Waals surface area (Å²) in [7, 11) is 0. The second-order valence-corrected chi connectivity index (χ2v) is 7.14. The summed E-state index contributed by atoms with van der Waals surface area (Å²) in [5.41, 5.74) is 2.97. The average Bonchev–Trinajstić information content (AvgIpc) is 3.11. The van der Waals surface area contributed by atoms with Gasteiger partial charge in [-0.15, -0.1) is 11.3 Å². The van der Waals surface area contributed by atoms with Crippen molar-refractivity contribution in [2.24, 2.45) is 0 Å². The lowest BCUT2D eigenvalue weighted by Crippen LogP contribution is -2.03. The lowest BCUT2D eigenvalue weighted by atomic mass is 10.0. The van der Waals surface area contributed by atoms with E-state index in [4.69, 9.17) is 0 Å². The summed E-state index contributed by atoms with van der Waals surface area (Å²) in [6, 6.07) is 8.51. The lowest BCUT2D eigenvalue weighted by molar-refractivity contribution is -0.137. The molecule has 0 atom stereocenters. The summed E-state index contributed by atoms with van der Waals surface area (Å²) in [6.45, 7) is 4.64. The average molecular weight is 377 g/mol. The maximum Gasteiger partial charge on any atom is 0.416 e. The van der Waals surface area contributed by atoms with Crippen molar-refractivity contribution in [3.63, 3.8) is 0 Å². The van der Waals surface area contributed by atoms with Crippen LogP contribution in [0.2, 0.25) is 0 Å². The molecule has 6 heteroatoms. The Morgan fingerprint density at radius 2 is 1.77 bits per heavy atom. The van der Waals surface area contributed by atoms with Gasteiger partial charge in [-0.05, 0) is 49.6 Å². The van der Waals surface area contributed by atoms with E-state index in [1.165, 1.54) is 35.6 Å². The number of halogens is 4. The molecule has 4 rings (SSSR count). The Balaban J connectivity index is 2.00. The summed E-state index contributed by atoms with van der Waals surface area (Å²) in [6.07, 6.45) is -4.36. The second-order valence-electron chi connectivity index (χ2n) is 6.22. The standard InChI is InChI=1S/C20H15F4NS/c1-3-25-11(2)19(15-7-5-13(21)9-17(15)25)16-10-26-18-8-12(20(22,23)24)4-6-14(16)18/h4-10H,3H2,1-2H3. The maximum atomic E-state index is 13.7. The number of nitrogens with zero attached hydrogens (tertiary/aromatic N) is 1. The van der Waals surface area contributed by atoms with E-state index in [-0.39, 0.29) is 5.82 Å². The molecule has 0 saturated heterocycles. The van der Waals surface area contributed by atoms with Crippen LogP contribution in [0.5, 0.6) is 0 Å². The van der Waals surface area contributed by atoms with Crippen LogP contribution in [0.1, 0.15) is 18.2 Å². The minimum Gasteiger partial charge on any atom is -0.344 e. The zero-order chi connectivity index (χ0) is 18.6. The molecular formula is C20H15F4NS. The van der Waals surface area contributed by atoms with Crippen molar-refractivity contribution in [1.82, 2.24) is 4.57 Å². The number of rotatable bonds is 2. The highest BCUT2D eigenvalue weighted by Crippen LogP contribution is 2.42. The summed E-state index contributed by atoms with van der Waals surface area (Å²) in [5.74, 6) is -0.304. The van der Waals surface area contributed by atoms with E-state index in [1.54, 1.807) is 6.07 Å². The van der Waals surface area contributed by atoms with Crippen LogP contribution in [0.3, 0.4) is 0 Å².